The Morgan fingerprint density at radius 2 is 1.75 bits per heavy atom. The van der Waals surface area contributed by atoms with Crippen LogP contribution in [0, 0.1) is 0 Å². The SMILES string of the molecule is COc1ccc(OCc2nnc3sc(-c4ccc5ccccc5n4)nn23)cc1. The van der Waals surface area contributed by atoms with Gasteiger partial charge in [-0.05, 0) is 36.4 Å². The highest BCUT2D eigenvalue weighted by atomic mass is 32.1. The lowest BCUT2D eigenvalue weighted by Gasteiger charge is -2.05. The van der Waals surface area contributed by atoms with Crippen LogP contribution in [-0.4, -0.2) is 31.9 Å². The summed E-state index contributed by atoms with van der Waals surface area (Å²) in [7, 11) is 1.63. The number of hydrogen-bond donors (Lipinski definition) is 0. The molecule has 8 heteroatoms. The van der Waals surface area contributed by atoms with Gasteiger partial charge in [-0.1, -0.05) is 35.6 Å². The minimum atomic E-state index is 0.266. The Labute approximate surface area is 164 Å². The lowest BCUT2D eigenvalue weighted by Crippen LogP contribution is -2.02. The smallest absolute Gasteiger partial charge is 0.235 e. The topological polar surface area (TPSA) is 74.4 Å². The van der Waals surface area contributed by atoms with Crippen LogP contribution in [0.4, 0.5) is 0 Å². The fourth-order valence-electron chi connectivity index (χ4n) is 2.86. The second kappa shape index (κ2) is 6.90. The normalized spacial score (nSPS) is 11.2. The molecule has 0 bridgehead atoms. The van der Waals surface area contributed by atoms with E-state index in [1.807, 2.05) is 60.7 Å². The van der Waals surface area contributed by atoms with Crippen molar-refractivity contribution < 1.29 is 9.47 Å². The van der Waals surface area contributed by atoms with Gasteiger partial charge in [0, 0.05) is 5.39 Å². The average molecular weight is 389 g/mol. The van der Waals surface area contributed by atoms with E-state index in [9.17, 15) is 0 Å². The first kappa shape index (κ1) is 16.6. The van der Waals surface area contributed by atoms with Gasteiger partial charge in [0.15, 0.2) is 10.8 Å². The minimum Gasteiger partial charge on any atom is -0.497 e. The molecule has 0 saturated heterocycles. The highest BCUT2D eigenvalue weighted by Gasteiger charge is 2.14. The molecule has 0 radical (unpaired) electrons. The van der Waals surface area contributed by atoms with Gasteiger partial charge in [0.25, 0.3) is 0 Å². The number of para-hydroxylation sites is 1. The summed E-state index contributed by atoms with van der Waals surface area (Å²) in [5.74, 6) is 2.14. The van der Waals surface area contributed by atoms with Crippen molar-refractivity contribution in [2.45, 2.75) is 6.61 Å². The maximum Gasteiger partial charge on any atom is 0.235 e. The van der Waals surface area contributed by atoms with Crippen molar-refractivity contribution >= 4 is 27.2 Å². The van der Waals surface area contributed by atoms with Crippen molar-refractivity contribution in [3.8, 4) is 22.2 Å². The lowest BCUT2D eigenvalue weighted by atomic mass is 10.2. The van der Waals surface area contributed by atoms with Crippen molar-refractivity contribution in [2.24, 2.45) is 0 Å². The number of pyridine rings is 1. The summed E-state index contributed by atoms with van der Waals surface area (Å²) in [4.78, 5) is 5.41. The van der Waals surface area contributed by atoms with Crippen LogP contribution in [0.1, 0.15) is 5.82 Å². The van der Waals surface area contributed by atoms with Crippen molar-refractivity contribution in [2.75, 3.05) is 7.11 Å². The largest absolute Gasteiger partial charge is 0.497 e. The van der Waals surface area contributed by atoms with Gasteiger partial charge in [-0.15, -0.1) is 10.2 Å². The van der Waals surface area contributed by atoms with E-state index >= 15 is 0 Å². The third-order valence-electron chi connectivity index (χ3n) is 4.30. The summed E-state index contributed by atoms with van der Waals surface area (Å²) in [6, 6.07) is 19.4. The van der Waals surface area contributed by atoms with Gasteiger partial charge in [-0.2, -0.15) is 9.61 Å². The van der Waals surface area contributed by atoms with E-state index in [1.165, 1.54) is 11.3 Å². The highest BCUT2D eigenvalue weighted by Crippen LogP contribution is 2.26. The number of hydrogen-bond acceptors (Lipinski definition) is 7. The monoisotopic (exact) mass is 389 g/mol. The van der Waals surface area contributed by atoms with Crippen molar-refractivity contribution in [3.05, 3.63) is 66.5 Å². The molecule has 138 valence electrons. The molecule has 0 aliphatic rings. The predicted octanol–water partition coefficient (Wildman–Crippen LogP) is 3.99. The van der Waals surface area contributed by atoms with Crippen molar-refractivity contribution in [1.82, 2.24) is 24.8 Å². The molecule has 5 aromatic rings. The first-order valence-corrected chi connectivity index (χ1v) is 9.46. The van der Waals surface area contributed by atoms with Gasteiger partial charge in [0.2, 0.25) is 4.96 Å². The molecule has 0 amide bonds. The molecule has 0 unspecified atom stereocenters. The lowest BCUT2D eigenvalue weighted by molar-refractivity contribution is 0.292. The third kappa shape index (κ3) is 3.03. The van der Waals surface area contributed by atoms with Crippen LogP contribution >= 0.6 is 11.3 Å². The summed E-state index contributed by atoms with van der Waals surface area (Å²) < 4.78 is 12.7. The molecule has 0 atom stereocenters. The maximum atomic E-state index is 5.80. The first-order valence-electron chi connectivity index (χ1n) is 8.64. The number of nitrogens with zero attached hydrogens (tertiary/aromatic N) is 5. The van der Waals surface area contributed by atoms with Gasteiger partial charge in [-0.3, -0.25) is 0 Å². The molecule has 2 aromatic carbocycles. The summed E-state index contributed by atoms with van der Waals surface area (Å²) >= 11 is 1.45. The predicted molar refractivity (Wildman–Crippen MR) is 107 cm³/mol. The number of methoxy groups -OCH3 is 1. The fourth-order valence-corrected chi connectivity index (χ4v) is 3.68. The zero-order valence-corrected chi connectivity index (χ0v) is 15.8. The van der Waals surface area contributed by atoms with Crippen LogP contribution in [-0.2, 0) is 6.61 Å². The molecule has 0 fully saturated rings. The first-order chi connectivity index (χ1) is 13.8. The Morgan fingerprint density at radius 3 is 2.61 bits per heavy atom. The van der Waals surface area contributed by atoms with Crippen LogP contribution in [0.2, 0.25) is 0 Å². The number of aromatic nitrogens is 5. The molecule has 0 saturated carbocycles. The molecule has 5 rings (SSSR count). The Morgan fingerprint density at radius 1 is 0.929 bits per heavy atom. The molecule has 28 heavy (non-hydrogen) atoms. The summed E-state index contributed by atoms with van der Waals surface area (Å²) in [5, 5.41) is 14.9. The molecule has 0 aliphatic carbocycles. The fraction of sp³-hybridized carbons (Fsp3) is 0.100. The van der Waals surface area contributed by atoms with E-state index in [4.69, 9.17) is 14.5 Å². The third-order valence-corrected chi connectivity index (χ3v) is 5.22. The zero-order chi connectivity index (χ0) is 18.9. The second-order valence-corrected chi connectivity index (χ2v) is 7.03. The Bertz CT molecular complexity index is 1260. The molecule has 0 spiro atoms. The van der Waals surface area contributed by atoms with Crippen LogP contribution in [0.25, 0.3) is 26.6 Å². The van der Waals surface area contributed by atoms with Crippen LogP contribution in [0.5, 0.6) is 11.5 Å². The van der Waals surface area contributed by atoms with E-state index in [-0.39, 0.29) is 6.61 Å². The number of fused-ring (bicyclic) bond motifs is 2. The zero-order valence-electron chi connectivity index (χ0n) is 14.9. The van der Waals surface area contributed by atoms with Crippen LogP contribution < -0.4 is 9.47 Å². The van der Waals surface area contributed by atoms with Crippen LogP contribution in [0.15, 0.2) is 60.7 Å². The summed E-state index contributed by atoms with van der Waals surface area (Å²) in [5.41, 5.74) is 1.75. The van der Waals surface area contributed by atoms with Gasteiger partial charge < -0.3 is 9.47 Å². The molecule has 3 heterocycles. The van der Waals surface area contributed by atoms with E-state index < -0.39 is 0 Å². The number of rotatable bonds is 5. The molecule has 0 aliphatic heterocycles. The second-order valence-electron chi connectivity index (χ2n) is 6.07. The van der Waals surface area contributed by atoms with Crippen molar-refractivity contribution in [3.63, 3.8) is 0 Å². The standard InChI is InChI=1S/C20H15N5O2S/c1-26-14-7-9-15(10-8-14)27-12-18-22-23-20-25(18)24-19(28-20)17-11-6-13-4-2-3-5-16(13)21-17/h2-11H,12H2,1H3. The summed E-state index contributed by atoms with van der Waals surface area (Å²) in [6.07, 6.45) is 0. The Hall–Kier alpha value is -3.52. The van der Waals surface area contributed by atoms with E-state index in [1.54, 1.807) is 11.6 Å². The Balaban J connectivity index is 1.41. The number of benzene rings is 2. The number of ether oxygens (including phenoxy) is 2. The molecule has 3 aromatic heterocycles. The molecular formula is C20H15N5O2S. The van der Waals surface area contributed by atoms with Crippen molar-refractivity contribution in [1.29, 1.82) is 0 Å². The van der Waals surface area contributed by atoms with Gasteiger partial charge in [0.1, 0.15) is 23.8 Å². The molecular weight excluding hydrogens is 374 g/mol. The van der Waals surface area contributed by atoms with E-state index in [0.717, 1.165) is 33.1 Å². The van der Waals surface area contributed by atoms with E-state index in [0.29, 0.717) is 10.8 Å². The quantitative estimate of drug-likeness (QED) is 0.452. The van der Waals surface area contributed by atoms with Crippen LogP contribution in [0.3, 0.4) is 0 Å². The molecule has 0 N–H and O–H groups in total. The minimum absolute atomic E-state index is 0.266. The average Bonchev–Trinajstić information content (AvgIpc) is 3.33. The Kier molecular flexibility index (Phi) is 4.10. The maximum absolute atomic E-state index is 5.80. The molecule has 7 nitrogen and oxygen atoms in total. The van der Waals surface area contributed by atoms with E-state index in [2.05, 4.69) is 15.3 Å². The van der Waals surface area contributed by atoms with Gasteiger partial charge >= 0.3 is 0 Å². The van der Waals surface area contributed by atoms with Gasteiger partial charge in [0.05, 0.1) is 12.6 Å². The summed E-state index contributed by atoms with van der Waals surface area (Å²) in [6.45, 7) is 0.266. The highest BCUT2D eigenvalue weighted by molar-refractivity contribution is 7.19. The van der Waals surface area contributed by atoms with Gasteiger partial charge in [-0.25, -0.2) is 4.98 Å².